The van der Waals surface area contributed by atoms with Gasteiger partial charge in [0.15, 0.2) is 0 Å². The number of carbonyl (C=O) groups excluding carboxylic acids is 2. The highest BCUT2D eigenvalue weighted by Gasteiger charge is 2.30. The molecule has 24 heavy (non-hydrogen) atoms. The van der Waals surface area contributed by atoms with Crippen molar-refractivity contribution in [3.63, 3.8) is 0 Å². The second-order valence-corrected chi connectivity index (χ2v) is 8.83. The number of amides is 1. The number of hydrogen-bond acceptors (Lipinski definition) is 6. The summed E-state index contributed by atoms with van der Waals surface area (Å²) in [6, 6.07) is 1.73. The van der Waals surface area contributed by atoms with Crippen LogP contribution in [-0.2, 0) is 19.6 Å². The lowest BCUT2D eigenvalue weighted by Crippen LogP contribution is -2.43. The number of esters is 1. The van der Waals surface area contributed by atoms with Gasteiger partial charge in [-0.3, -0.25) is 4.79 Å². The van der Waals surface area contributed by atoms with Crippen LogP contribution in [0.5, 0.6) is 0 Å². The number of carbonyl (C=O) groups is 2. The summed E-state index contributed by atoms with van der Waals surface area (Å²) in [5.74, 6) is -1.01. The molecule has 0 spiro atoms. The molecule has 0 radical (unpaired) electrons. The van der Waals surface area contributed by atoms with Crippen LogP contribution in [0.15, 0.2) is 6.07 Å². The van der Waals surface area contributed by atoms with Crippen molar-refractivity contribution < 1.29 is 22.7 Å². The van der Waals surface area contributed by atoms with E-state index in [1.165, 1.54) is 15.6 Å². The smallest absolute Gasteiger partial charge is 0.348 e. The Bertz CT molecular complexity index is 726. The molecule has 1 atom stereocenters. The summed E-state index contributed by atoms with van der Waals surface area (Å²) in [5, 5.41) is 3.36. The second-order valence-electron chi connectivity index (χ2n) is 5.79. The Morgan fingerprint density at radius 1 is 1.46 bits per heavy atom. The van der Waals surface area contributed by atoms with Crippen LogP contribution in [0.4, 0.5) is 5.00 Å². The number of nitrogens with one attached hydrogen (secondary N) is 1. The Balaban J connectivity index is 2.04. The summed E-state index contributed by atoms with van der Waals surface area (Å²) in [5.41, 5.74) is 0.746. The lowest BCUT2D eigenvalue weighted by Gasteiger charge is -2.29. The van der Waals surface area contributed by atoms with E-state index in [0.29, 0.717) is 35.9 Å². The predicted molar refractivity (Wildman–Crippen MR) is 92.8 cm³/mol. The molecule has 1 aromatic rings. The van der Waals surface area contributed by atoms with Gasteiger partial charge in [-0.2, -0.15) is 0 Å². The third-order valence-electron chi connectivity index (χ3n) is 3.85. The molecule has 1 aromatic heterocycles. The number of thiophene rings is 1. The number of piperidine rings is 1. The van der Waals surface area contributed by atoms with E-state index in [2.05, 4.69) is 5.32 Å². The number of rotatable bonds is 5. The summed E-state index contributed by atoms with van der Waals surface area (Å²) in [6.45, 7) is 4.46. The molecule has 134 valence electrons. The molecule has 1 aliphatic rings. The number of aryl methyl sites for hydroxylation is 1. The van der Waals surface area contributed by atoms with Crippen molar-refractivity contribution in [2.24, 2.45) is 5.92 Å². The van der Waals surface area contributed by atoms with Gasteiger partial charge in [0.05, 0.1) is 23.8 Å². The maximum absolute atomic E-state index is 12.4. The van der Waals surface area contributed by atoms with Gasteiger partial charge in [0.2, 0.25) is 15.9 Å². The number of sulfonamides is 1. The number of nitrogens with zero attached hydrogens (tertiary/aromatic N) is 1. The first kappa shape index (κ1) is 18.9. The first-order chi connectivity index (χ1) is 11.2. The largest absolute Gasteiger partial charge is 0.462 e. The van der Waals surface area contributed by atoms with Crippen LogP contribution in [0, 0.1) is 12.8 Å². The molecule has 2 heterocycles. The summed E-state index contributed by atoms with van der Waals surface area (Å²) in [6.07, 6.45) is 2.46. The summed E-state index contributed by atoms with van der Waals surface area (Å²) in [4.78, 5) is 24.7. The Kier molecular flexibility index (Phi) is 6.00. The molecule has 0 aromatic carbocycles. The van der Waals surface area contributed by atoms with Gasteiger partial charge in [0, 0.05) is 13.1 Å². The average molecular weight is 374 g/mol. The molecule has 1 saturated heterocycles. The van der Waals surface area contributed by atoms with Crippen molar-refractivity contribution in [2.75, 3.05) is 31.3 Å². The van der Waals surface area contributed by atoms with E-state index in [9.17, 15) is 18.0 Å². The molecule has 2 rings (SSSR count). The zero-order valence-electron chi connectivity index (χ0n) is 14.0. The number of hydrogen-bond donors (Lipinski definition) is 1. The highest BCUT2D eigenvalue weighted by atomic mass is 32.2. The second kappa shape index (κ2) is 7.62. The molecule has 0 bridgehead atoms. The molecule has 7 nitrogen and oxygen atoms in total. The van der Waals surface area contributed by atoms with Gasteiger partial charge in [0.25, 0.3) is 0 Å². The van der Waals surface area contributed by atoms with Gasteiger partial charge in [0.1, 0.15) is 4.88 Å². The fraction of sp³-hybridized carbons (Fsp3) is 0.600. The zero-order chi connectivity index (χ0) is 17.9. The van der Waals surface area contributed by atoms with Crippen molar-refractivity contribution in [2.45, 2.75) is 26.7 Å². The van der Waals surface area contributed by atoms with E-state index >= 15 is 0 Å². The Labute approximate surface area is 146 Å². The minimum atomic E-state index is -3.29. The molecular weight excluding hydrogens is 352 g/mol. The maximum atomic E-state index is 12.4. The lowest BCUT2D eigenvalue weighted by molar-refractivity contribution is -0.120. The van der Waals surface area contributed by atoms with Crippen molar-refractivity contribution in [3.8, 4) is 0 Å². The molecular formula is C15H22N2O5S2. The predicted octanol–water partition coefficient (Wildman–Crippen LogP) is 1.84. The molecule has 1 aliphatic heterocycles. The molecule has 0 aliphatic carbocycles. The van der Waals surface area contributed by atoms with Crippen LogP contribution in [0.25, 0.3) is 0 Å². The molecule has 1 unspecified atom stereocenters. The molecule has 1 fully saturated rings. The fourth-order valence-corrected chi connectivity index (χ4v) is 4.51. The SMILES string of the molecule is CCOC(=O)c1sc(NC(=O)C2CCCN(S(C)(=O)=O)C2)cc1C. The molecule has 0 saturated carbocycles. The quantitative estimate of drug-likeness (QED) is 0.794. The van der Waals surface area contributed by atoms with E-state index in [4.69, 9.17) is 4.74 Å². The Morgan fingerprint density at radius 3 is 2.79 bits per heavy atom. The molecule has 1 N–H and O–H groups in total. The normalized spacial score (nSPS) is 19.0. The van der Waals surface area contributed by atoms with Crippen molar-refractivity contribution in [1.82, 2.24) is 4.31 Å². The Morgan fingerprint density at radius 2 is 2.17 bits per heavy atom. The van der Waals surface area contributed by atoms with Crippen molar-refractivity contribution in [1.29, 1.82) is 0 Å². The van der Waals surface area contributed by atoms with Gasteiger partial charge in [-0.05, 0) is 38.3 Å². The topological polar surface area (TPSA) is 92.8 Å². The number of anilines is 1. The van der Waals surface area contributed by atoms with Crippen LogP contribution >= 0.6 is 11.3 Å². The maximum Gasteiger partial charge on any atom is 0.348 e. The lowest BCUT2D eigenvalue weighted by atomic mass is 9.99. The average Bonchev–Trinajstić information content (AvgIpc) is 2.87. The highest BCUT2D eigenvalue weighted by Crippen LogP contribution is 2.28. The van der Waals surface area contributed by atoms with Crippen LogP contribution < -0.4 is 5.32 Å². The standard InChI is InChI=1S/C15H22N2O5S2/c1-4-22-15(19)13-10(2)8-12(23-13)16-14(18)11-6-5-7-17(9-11)24(3,20)21/h8,11H,4-7,9H2,1-3H3,(H,16,18). The third-order valence-corrected chi connectivity index (χ3v) is 6.25. The van der Waals surface area contributed by atoms with E-state index in [1.807, 2.05) is 0 Å². The first-order valence-corrected chi connectivity index (χ1v) is 10.4. The van der Waals surface area contributed by atoms with Crippen LogP contribution in [0.3, 0.4) is 0 Å². The summed E-state index contributed by atoms with van der Waals surface area (Å²) in [7, 11) is -3.29. The van der Waals surface area contributed by atoms with Crippen LogP contribution in [0.2, 0.25) is 0 Å². The minimum Gasteiger partial charge on any atom is -0.462 e. The van der Waals surface area contributed by atoms with Crippen LogP contribution in [-0.4, -0.2) is 50.6 Å². The third kappa shape index (κ3) is 4.55. The number of ether oxygens (including phenoxy) is 1. The van der Waals surface area contributed by atoms with Crippen molar-refractivity contribution in [3.05, 3.63) is 16.5 Å². The summed E-state index contributed by atoms with van der Waals surface area (Å²) >= 11 is 1.17. The monoisotopic (exact) mass is 374 g/mol. The van der Waals surface area contributed by atoms with Gasteiger partial charge >= 0.3 is 5.97 Å². The highest BCUT2D eigenvalue weighted by molar-refractivity contribution is 7.88. The van der Waals surface area contributed by atoms with E-state index in [0.717, 1.165) is 11.8 Å². The Hall–Kier alpha value is -1.45. The van der Waals surface area contributed by atoms with Gasteiger partial charge in [-0.15, -0.1) is 11.3 Å². The minimum absolute atomic E-state index is 0.194. The van der Waals surface area contributed by atoms with Crippen molar-refractivity contribution >= 4 is 38.2 Å². The van der Waals surface area contributed by atoms with Crippen LogP contribution in [0.1, 0.15) is 35.0 Å². The van der Waals surface area contributed by atoms with E-state index in [1.54, 1.807) is 19.9 Å². The molecule has 9 heteroatoms. The van der Waals surface area contributed by atoms with E-state index in [-0.39, 0.29) is 18.4 Å². The first-order valence-electron chi connectivity index (χ1n) is 7.76. The van der Waals surface area contributed by atoms with Gasteiger partial charge < -0.3 is 10.1 Å². The fourth-order valence-electron chi connectivity index (χ4n) is 2.62. The zero-order valence-corrected chi connectivity index (χ0v) is 15.6. The summed E-state index contributed by atoms with van der Waals surface area (Å²) < 4.78 is 29.6. The van der Waals surface area contributed by atoms with Gasteiger partial charge in [-0.25, -0.2) is 17.5 Å². The van der Waals surface area contributed by atoms with Gasteiger partial charge in [-0.1, -0.05) is 0 Å². The van der Waals surface area contributed by atoms with E-state index < -0.39 is 16.0 Å². The molecule has 1 amide bonds.